The molecule has 0 radical (unpaired) electrons. The third kappa shape index (κ3) is 32.1. The Morgan fingerprint density at radius 1 is 1.00 bits per heavy atom. The molecule has 7 heteroatoms. The van der Waals surface area contributed by atoms with Gasteiger partial charge in [0.1, 0.15) is 0 Å². The van der Waals surface area contributed by atoms with Gasteiger partial charge in [0, 0.05) is 8.77 Å². The van der Waals surface area contributed by atoms with Crippen LogP contribution < -0.4 is 0 Å². The van der Waals surface area contributed by atoms with Gasteiger partial charge >= 0.3 is 23.1 Å². The van der Waals surface area contributed by atoms with Crippen LogP contribution in [0.1, 0.15) is 13.8 Å². The SMILES string of the molecule is CCOC(=S)[S-].CCOC(=S)[S-].[Mg+2]. The van der Waals surface area contributed by atoms with E-state index in [2.05, 4.69) is 59.2 Å². The first kappa shape index (κ1) is 19.5. The van der Waals surface area contributed by atoms with E-state index < -0.39 is 0 Å². The van der Waals surface area contributed by atoms with E-state index in [0.29, 0.717) is 13.2 Å². The van der Waals surface area contributed by atoms with Gasteiger partial charge in [-0.2, -0.15) is 0 Å². The minimum absolute atomic E-state index is 0. The van der Waals surface area contributed by atoms with E-state index in [1.165, 1.54) is 0 Å². The zero-order valence-electron chi connectivity index (χ0n) is 7.57. The smallest absolute Gasteiger partial charge is 0.514 e. The molecule has 0 saturated carbocycles. The summed E-state index contributed by atoms with van der Waals surface area (Å²) in [6.07, 6.45) is 0. The fourth-order valence-electron chi connectivity index (χ4n) is 0.236. The Morgan fingerprint density at radius 2 is 1.23 bits per heavy atom. The number of rotatable bonds is 2. The van der Waals surface area contributed by atoms with Crippen molar-refractivity contribution < 1.29 is 9.47 Å². The Hall–Kier alpha value is 0.986. The molecule has 0 atom stereocenters. The quantitative estimate of drug-likeness (QED) is 0.423. The number of ether oxygens (including phenoxy) is 2. The molecule has 0 aromatic heterocycles. The largest absolute Gasteiger partial charge is 2.00 e. The van der Waals surface area contributed by atoms with Crippen molar-refractivity contribution in [2.45, 2.75) is 13.8 Å². The number of hydrogen-bond acceptors (Lipinski definition) is 6. The summed E-state index contributed by atoms with van der Waals surface area (Å²) in [5.41, 5.74) is 0. The van der Waals surface area contributed by atoms with Crippen LogP contribution in [0.25, 0.3) is 0 Å². The van der Waals surface area contributed by atoms with E-state index in [4.69, 9.17) is 0 Å². The molecule has 0 amide bonds. The van der Waals surface area contributed by atoms with Gasteiger partial charge in [-0.25, -0.2) is 0 Å². The van der Waals surface area contributed by atoms with Gasteiger partial charge in [-0.1, -0.05) is 0 Å². The Morgan fingerprint density at radius 3 is 1.23 bits per heavy atom. The van der Waals surface area contributed by atoms with Crippen LogP contribution in [0.15, 0.2) is 0 Å². The fourth-order valence-corrected chi connectivity index (χ4v) is 0.707. The summed E-state index contributed by atoms with van der Waals surface area (Å²) in [7, 11) is 0. The molecule has 0 N–H and O–H groups in total. The molecule has 0 aromatic rings. The molecule has 13 heavy (non-hydrogen) atoms. The molecule has 0 saturated heterocycles. The molecule has 72 valence electrons. The van der Waals surface area contributed by atoms with E-state index in [-0.39, 0.29) is 31.8 Å². The van der Waals surface area contributed by atoms with Crippen molar-refractivity contribution in [1.29, 1.82) is 0 Å². The average molecular weight is 267 g/mol. The molecular formula is C6H10MgO2S4. The molecule has 0 heterocycles. The van der Waals surface area contributed by atoms with Crippen LogP contribution in [0, 0.1) is 0 Å². The first-order valence-electron chi connectivity index (χ1n) is 3.22. The van der Waals surface area contributed by atoms with Gasteiger partial charge < -0.3 is 59.2 Å². The second-order valence-electron chi connectivity index (χ2n) is 1.37. The maximum Gasteiger partial charge on any atom is 2.00 e. The van der Waals surface area contributed by atoms with Crippen molar-refractivity contribution in [1.82, 2.24) is 0 Å². The summed E-state index contributed by atoms with van der Waals surface area (Å²) >= 11 is 17.5. The monoisotopic (exact) mass is 266 g/mol. The van der Waals surface area contributed by atoms with E-state index in [1.807, 2.05) is 13.8 Å². The van der Waals surface area contributed by atoms with Gasteiger partial charge in [0.05, 0.1) is 13.2 Å². The van der Waals surface area contributed by atoms with Crippen LogP contribution in [0.3, 0.4) is 0 Å². The second kappa shape index (κ2) is 15.5. The third-order valence-corrected chi connectivity index (χ3v) is 0.996. The molecule has 2 nitrogen and oxygen atoms in total. The number of hydrogen-bond donors (Lipinski definition) is 0. The zero-order valence-corrected chi connectivity index (χ0v) is 12.3. The predicted molar refractivity (Wildman–Crippen MR) is 68.9 cm³/mol. The second-order valence-corrected chi connectivity index (χ2v) is 3.37. The van der Waals surface area contributed by atoms with Gasteiger partial charge in [0.15, 0.2) is 0 Å². The van der Waals surface area contributed by atoms with Crippen LogP contribution in [0.2, 0.25) is 0 Å². The molecule has 0 fully saturated rings. The predicted octanol–water partition coefficient (Wildman–Crippen LogP) is 1.33. The molecule has 0 bridgehead atoms. The standard InChI is InChI=1S/2C3H6OS2.Mg/c2*1-2-4-3(5)6;/h2*2H2,1H3,(H,5,6);/q;;+2/p-2. The van der Waals surface area contributed by atoms with Crippen LogP contribution in [-0.4, -0.2) is 45.0 Å². The first-order valence-corrected chi connectivity index (χ1v) is 4.85. The fraction of sp³-hybridized carbons (Fsp3) is 0.667. The van der Waals surface area contributed by atoms with E-state index in [0.717, 1.165) is 0 Å². The molecule has 0 spiro atoms. The van der Waals surface area contributed by atoms with Gasteiger partial charge in [0.25, 0.3) is 0 Å². The van der Waals surface area contributed by atoms with Crippen molar-refractivity contribution >= 4 is 81.5 Å². The number of thiocarbonyl (C=S) groups is 2. The summed E-state index contributed by atoms with van der Waals surface area (Å²) in [6, 6.07) is 0. The molecule has 0 aromatic carbocycles. The van der Waals surface area contributed by atoms with Crippen molar-refractivity contribution in [3.05, 3.63) is 0 Å². The van der Waals surface area contributed by atoms with Crippen LogP contribution in [-0.2, 0) is 34.7 Å². The summed E-state index contributed by atoms with van der Waals surface area (Å²) in [5.74, 6) is 0. The van der Waals surface area contributed by atoms with Crippen LogP contribution >= 0.6 is 24.4 Å². The maximum atomic E-state index is 4.59. The average Bonchev–Trinajstić information content (AvgIpc) is 1.87. The van der Waals surface area contributed by atoms with E-state index >= 15 is 0 Å². The topological polar surface area (TPSA) is 18.5 Å². The van der Waals surface area contributed by atoms with Crippen LogP contribution in [0.5, 0.6) is 0 Å². The Kier molecular flexibility index (Phi) is 23.2. The minimum atomic E-state index is 0. The van der Waals surface area contributed by atoms with Crippen molar-refractivity contribution in [3.8, 4) is 0 Å². The third-order valence-electron chi connectivity index (χ3n) is 0.524. The molecule has 0 aliphatic carbocycles. The minimum Gasteiger partial charge on any atom is -0.514 e. The summed E-state index contributed by atoms with van der Waals surface area (Å²) in [4.78, 5) is 0. The molecule has 0 unspecified atom stereocenters. The van der Waals surface area contributed by atoms with Crippen molar-refractivity contribution in [3.63, 3.8) is 0 Å². The maximum absolute atomic E-state index is 4.59. The molecular weight excluding hydrogens is 257 g/mol. The molecule has 0 rings (SSSR count). The van der Waals surface area contributed by atoms with Crippen LogP contribution in [0.4, 0.5) is 0 Å². The summed E-state index contributed by atoms with van der Waals surface area (Å²) in [6.45, 7) is 4.86. The molecule has 0 aliphatic rings. The van der Waals surface area contributed by atoms with Crippen molar-refractivity contribution in [2.24, 2.45) is 0 Å². The van der Waals surface area contributed by atoms with E-state index in [9.17, 15) is 0 Å². The molecule has 0 aliphatic heterocycles. The zero-order chi connectivity index (χ0) is 9.98. The Labute approximate surface area is 117 Å². The van der Waals surface area contributed by atoms with Gasteiger partial charge in [0.2, 0.25) is 0 Å². The van der Waals surface area contributed by atoms with Gasteiger partial charge in [-0.3, -0.25) is 0 Å². The summed E-state index contributed by atoms with van der Waals surface area (Å²) < 4.78 is 9.59. The Bertz CT molecular complexity index is 127. The van der Waals surface area contributed by atoms with Gasteiger partial charge in [-0.05, 0) is 13.8 Å². The normalized spacial score (nSPS) is 6.92. The van der Waals surface area contributed by atoms with Crippen molar-refractivity contribution in [2.75, 3.05) is 13.2 Å². The summed E-state index contributed by atoms with van der Waals surface area (Å²) in [5, 5.41) is 0. The van der Waals surface area contributed by atoms with E-state index in [1.54, 1.807) is 0 Å². The van der Waals surface area contributed by atoms with Gasteiger partial charge in [-0.15, -0.1) is 0 Å². The first-order chi connectivity index (χ1) is 5.54. The Balaban J connectivity index is -0.000000143.